The van der Waals surface area contributed by atoms with Crippen molar-refractivity contribution in [3.63, 3.8) is 0 Å². The number of H-pyrrole nitrogens is 1. The van der Waals surface area contributed by atoms with Crippen molar-refractivity contribution in [2.45, 2.75) is 6.42 Å². The van der Waals surface area contributed by atoms with Gasteiger partial charge in [0.05, 0.1) is 5.69 Å². The van der Waals surface area contributed by atoms with Gasteiger partial charge < -0.3 is 10.2 Å². The molecule has 6 heteroatoms. The molecule has 0 aliphatic rings. The van der Waals surface area contributed by atoms with Crippen LogP contribution in [-0.4, -0.2) is 48.2 Å². The Balaban J connectivity index is 1.93. The van der Waals surface area contributed by atoms with E-state index in [4.69, 9.17) is 0 Å². The van der Waals surface area contributed by atoms with Gasteiger partial charge in [-0.2, -0.15) is 5.10 Å². The number of nitrogens with one attached hydrogen (secondary N) is 2. The van der Waals surface area contributed by atoms with Crippen LogP contribution in [0.4, 0.5) is 4.39 Å². The molecule has 0 aliphatic carbocycles. The monoisotopic (exact) mass is 290 g/mol. The molecule has 5 nitrogen and oxygen atoms in total. The largest absolute Gasteiger partial charge is 0.351 e. The summed E-state index contributed by atoms with van der Waals surface area (Å²) in [6.07, 6.45) is 0.887. The molecular weight excluding hydrogens is 271 g/mol. The Hall–Kier alpha value is -2.21. The third-order valence-corrected chi connectivity index (χ3v) is 3.03. The smallest absolute Gasteiger partial charge is 0.269 e. The summed E-state index contributed by atoms with van der Waals surface area (Å²) in [5, 5.41) is 9.61. The molecule has 2 aromatic rings. The highest BCUT2D eigenvalue weighted by Crippen LogP contribution is 2.17. The molecule has 0 atom stereocenters. The summed E-state index contributed by atoms with van der Waals surface area (Å²) in [4.78, 5) is 14.0. The first-order valence-electron chi connectivity index (χ1n) is 6.80. The van der Waals surface area contributed by atoms with E-state index in [0.29, 0.717) is 17.9 Å². The van der Waals surface area contributed by atoms with Gasteiger partial charge in [-0.3, -0.25) is 9.89 Å². The number of hydrogen-bond donors (Lipinski definition) is 2. The van der Waals surface area contributed by atoms with Gasteiger partial charge in [0.1, 0.15) is 11.5 Å². The van der Waals surface area contributed by atoms with Crippen LogP contribution in [0.25, 0.3) is 11.3 Å². The highest BCUT2D eigenvalue weighted by molar-refractivity contribution is 5.93. The van der Waals surface area contributed by atoms with Gasteiger partial charge in [-0.05, 0) is 57.4 Å². The van der Waals surface area contributed by atoms with E-state index in [-0.39, 0.29) is 11.7 Å². The number of rotatable bonds is 6. The molecule has 0 unspecified atom stereocenters. The average molecular weight is 290 g/mol. The molecule has 0 spiro atoms. The Bertz CT molecular complexity index is 592. The number of aromatic nitrogens is 2. The molecular formula is C15H19FN4O. The van der Waals surface area contributed by atoms with Gasteiger partial charge in [-0.1, -0.05) is 0 Å². The van der Waals surface area contributed by atoms with Crippen LogP contribution in [0.15, 0.2) is 30.3 Å². The van der Waals surface area contributed by atoms with Crippen molar-refractivity contribution in [3.05, 3.63) is 41.8 Å². The first kappa shape index (κ1) is 15.2. The number of carbonyl (C=O) groups is 1. The Morgan fingerprint density at radius 1 is 1.33 bits per heavy atom. The molecule has 1 amide bonds. The summed E-state index contributed by atoms with van der Waals surface area (Å²) in [6.45, 7) is 1.53. The van der Waals surface area contributed by atoms with Crippen LogP contribution in [0.2, 0.25) is 0 Å². The van der Waals surface area contributed by atoms with E-state index in [2.05, 4.69) is 20.4 Å². The highest BCUT2D eigenvalue weighted by atomic mass is 19.1. The first-order valence-corrected chi connectivity index (χ1v) is 6.80. The molecule has 2 N–H and O–H groups in total. The third kappa shape index (κ3) is 4.39. The molecule has 1 aromatic heterocycles. The van der Waals surface area contributed by atoms with Crippen molar-refractivity contribution in [2.75, 3.05) is 27.2 Å². The van der Waals surface area contributed by atoms with Crippen molar-refractivity contribution in [1.29, 1.82) is 0 Å². The van der Waals surface area contributed by atoms with Crippen LogP contribution in [0, 0.1) is 5.82 Å². The Kier molecular flexibility index (Phi) is 5.05. The average Bonchev–Trinajstić information content (AvgIpc) is 2.94. The second-order valence-corrected chi connectivity index (χ2v) is 5.09. The Morgan fingerprint density at radius 2 is 2.05 bits per heavy atom. The summed E-state index contributed by atoms with van der Waals surface area (Å²) in [5.74, 6) is -0.484. The lowest BCUT2D eigenvalue weighted by Gasteiger charge is -2.09. The summed E-state index contributed by atoms with van der Waals surface area (Å²) >= 11 is 0. The molecule has 0 bridgehead atoms. The zero-order valence-electron chi connectivity index (χ0n) is 12.2. The van der Waals surface area contributed by atoms with Gasteiger partial charge in [-0.15, -0.1) is 0 Å². The molecule has 112 valence electrons. The minimum Gasteiger partial charge on any atom is -0.351 e. The van der Waals surface area contributed by atoms with E-state index >= 15 is 0 Å². The van der Waals surface area contributed by atoms with Crippen molar-refractivity contribution >= 4 is 5.91 Å². The van der Waals surface area contributed by atoms with Gasteiger partial charge in [0, 0.05) is 12.1 Å². The van der Waals surface area contributed by atoms with E-state index in [9.17, 15) is 9.18 Å². The fourth-order valence-corrected chi connectivity index (χ4v) is 1.90. The van der Waals surface area contributed by atoms with Crippen LogP contribution in [-0.2, 0) is 0 Å². The minimum atomic E-state index is -0.298. The second-order valence-electron chi connectivity index (χ2n) is 5.09. The van der Waals surface area contributed by atoms with Crippen LogP contribution in [0.1, 0.15) is 16.9 Å². The van der Waals surface area contributed by atoms with Gasteiger partial charge in [-0.25, -0.2) is 4.39 Å². The molecule has 0 saturated carbocycles. The van der Waals surface area contributed by atoms with Gasteiger partial charge >= 0.3 is 0 Å². The van der Waals surface area contributed by atoms with E-state index in [1.54, 1.807) is 18.2 Å². The summed E-state index contributed by atoms with van der Waals surface area (Å²) in [6, 6.07) is 7.65. The number of carbonyl (C=O) groups excluding carboxylic acids is 1. The summed E-state index contributed by atoms with van der Waals surface area (Å²) < 4.78 is 12.9. The Labute approximate surface area is 123 Å². The van der Waals surface area contributed by atoms with E-state index in [1.807, 2.05) is 14.1 Å². The van der Waals surface area contributed by atoms with Crippen LogP contribution in [0.5, 0.6) is 0 Å². The zero-order valence-corrected chi connectivity index (χ0v) is 12.2. The molecule has 0 radical (unpaired) electrons. The SMILES string of the molecule is CN(C)CCCNC(=O)c1cc(-c2ccc(F)cc2)n[nH]1. The van der Waals surface area contributed by atoms with E-state index in [0.717, 1.165) is 18.5 Å². The molecule has 0 fully saturated rings. The molecule has 0 aliphatic heterocycles. The highest BCUT2D eigenvalue weighted by Gasteiger charge is 2.10. The third-order valence-electron chi connectivity index (χ3n) is 3.03. The number of benzene rings is 1. The van der Waals surface area contributed by atoms with Gasteiger partial charge in [0.2, 0.25) is 0 Å². The zero-order chi connectivity index (χ0) is 15.2. The molecule has 2 rings (SSSR count). The first-order chi connectivity index (χ1) is 10.1. The topological polar surface area (TPSA) is 61.0 Å². The fraction of sp³-hybridized carbons (Fsp3) is 0.333. The molecule has 1 heterocycles. The molecule has 1 aromatic carbocycles. The van der Waals surface area contributed by atoms with Crippen molar-refractivity contribution in [1.82, 2.24) is 20.4 Å². The normalized spacial score (nSPS) is 10.9. The minimum absolute atomic E-state index is 0.186. The Morgan fingerprint density at radius 3 is 2.71 bits per heavy atom. The van der Waals surface area contributed by atoms with Crippen LogP contribution in [0.3, 0.4) is 0 Å². The fourth-order valence-electron chi connectivity index (χ4n) is 1.90. The number of nitrogens with zero attached hydrogens (tertiary/aromatic N) is 2. The molecule has 0 saturated heterocycles. The number of aromatic amines is 1. The maximum Gasteiger partial charge on any atom is 0.269 e. The predicted octanol–water partition coefficient (Wildman–Crippen LogP) is 1.90. The molecule has 21 heavy (non-hydrogen) atoms. The van der Waals surface area contributed by atoms with Gasteiger partial charge in [0.15, 0.2) is 0 Å². The number of halogens is 1. The van der Waals surface area contributed by atoms with Crippen LogP contribution >= 0.6 is 0 Å². The summed E-state index contributed by atoms with van der Waals surface area (Å²) in [7, 11) is 3.98. The number of amides is 1. The van der Waals surface area contributed by atoms with Crippen molar-refractivity contribution in [3.8, 4) is 11.3 Å². The quantitative estimate of drug-likeness (QED) is 0.799. The summed E-state index contributed by atoms with van der Waals surface area (Å²) in [5.41, 5.74) is 1.78. The standard InChI is InChI=1S/C15H19FN4O/c1-20(2)9-3-8-17-15(21)14-10-13(18-19-14)11-4-6-12(16)7-5-11/h4-7,10H,3,8-9H2,1-2H3,(H,17,21)(H,18,19). The predicted molar refractivity (Wildman–Crippen MR) is 79.5 cm³/mol. The maximum absolute atomic E-state index is 12.9. The second kappa shape index (κ2) is 6.99. The van der Waals surface area contributed by atoms with Crippen molar-refractivity contribution in [2.24, 2.45) is 0 Å². The number of hydrogen-bond acceptors (Lipinski definition) is 3. The maximum atomic E-state index is 12.9. The lowest BCUT2D eigenvalue weighted by atomic mass is 10.1. The van der Waals surface area contributed by atoms with Crippen molar-refractivity contribution < 1.29 is 9.18 Å². The van der Waals surface area contributed by atoms with Gasteiger partial charge in [0.25, 0.3) is 5.91 Å². The van der Waals surface area contributed by atoms with Crippen LogP contribution < -0.4 is 5.32 Å². The van der Waals surface area contributed by atoms with E-state index in [1.165, 1.54) is 12.1 Å². The lowest BCUT2D eigenvalue weighted by molar-refractivity contribution is 0.0947. The lowest BCUT2D eigenvalue weighted by Crippen LogP contribution is -2.27. The van der Waals surface area contributed by atoms with E-state index < -0.39 is 0 Å².